The van der Waals surface area contributed by atoms with Crippen LogP contribution in [0.1, 0.15) is 57.8 Å². The number of aliphatic hydroxyl groups is 1. The van der Waals surface area contributed by atoms with Gasteiger partial charge in [-0.1, -0.05) is 12.8 Å². The van der Waals surface area contributed by atoms with E-state index in [4.69, 9.17) is 4.74 Å². The van der Waals surface area contributed by atoms with E-state index >= 15 is 0 Å². The van der Waals surface area contributed by atoms with Crippen molar-refractivity contribution >= 4 is 0 Å². The molecule has 2 heteroatoms. The largest absolute Gasteiger partial charge is 0.396 e. The predicted molar refractivity (Wildman–Crippen MR) is 67.8 cm³/mol. The van der Waals surface area contributed by atoms with E-state index in [-0.39, 0.29) is 0 Å². The van der Waals surface area contributed by atoms with Crippen LogP contribution in [0, 0.1) is 17.8 Å². The van der Waals surface area contributed by atoms with Gasteiger partial charge >= 0.3 is 0 Å². The third kappa shape index (κ3) is 2.53. The zero-order chi connectivity index (χ0) is 11.7. The zero-order valence-corrected chi connectivity index (χ0v) is 10.8. The van der Waals surface area contributed by atoms with Crippen LogP contribution in [0.15, 0.2) is 0 Å². The fourth-order valence-corrected chi connectivity index (χ4v) is 4.25. The van der Waals surface area contributed by atoms with Crippen molar-refractivity contribution in [1.29, 1.82) is 0 Å². The second kappa shape index (κ2) is 5.27. The number of aliphatic hydroxyl groups excluding tert-OH is 1. The summed E-state index contributed by atoms with van der Waals surface area (Å²) in [6.07, 6.45) is 13.0. The molecule has 0 aromatic heterocycles. The van der Waals surface area contributed by atoms with Crippen molar-refractivity contribution < 1.29 is 9.84 Å². The van der Waals surface area contributed by atoms with Crippen molar-refractivity contribution in [3.8, 4) is 0 Å². The predicted octanol–water partition coefficient (Wildman–Crippen LogP) is 3.13. The van der Waals surface area contributed by atoms with Crippen LogP contribution in [0.2, 0.25) is 0 Å². The molecule has 17 heavy (non-hydrogen) atoms. The molecule has 98 valence electrons. The van der Waals surface area contributed by atoms with Gasteiger partial charge in [0.15, 0.2) is 0 Å². The van der Waals surface area contributed by atoms with E-state index in [9.17, 15) is 5.11 Å². The molecule has 0 bridgehead atoms. The van der Waals surface area contributed by atoms with E-state index in [0.29, 0.717) is 24.7 Å². The summed E-state index contributed by atoms with van der Waals surface area (Å²) in [5.41, 5.74) is 0. The van der Waals surface area contributed by atoms with Gasteiger partial charge in [-0.2, -0.15) is 0 Å². The molecule has 1 N–H and O–H groups in total. The lowest BCUT2D eigenvalue weighted by molar-refractivity contribution is -0.0208. The van der Waals surface area contributed by atoms with E-state index < -0.39 is 0 Å². The first kappa shape index (κ1) is 12.0. The summed E-state index contributed by atoms with van der Waals surface area (Å²) >= 11 is 0. The maximum Gasteiger partial charge on any atom is 0.0610 e. The van der Waals surface area contributed by atoms with E-state index in [0.717, 1.165) is 11.8 Å². The molecule has 2 saturated carbocycles. The summed E-state index contributed by atoms with van der Waals surface area (Å²) in [6, 6.07) is 0. The SMILES string of the molecule is OCC1CCC(C2CC3CCCCC3O2)CC1. The summed E-state index contributed by atoms with van der Waals surface area (Å²) in [6.45, 7) is 0.392. The summed E-state index contributed by atoms with van der Waals surface area (Å²) in [5, 5.41) is 9.18. The molecule has 3 fully saturated rings. The molecule has 3 aliphatic rings. The Morgan fingerprint density at radius 1 is 0.824 bits per heavy atom. The van der Waals surface area contributed by atoms with Gasteiger partial charge in [0.25, 0.3) is 0 Å². The minimum atomic E-state index is 0.392. The Labute approximate surface area is 105 Å². The molecule has 0 amide bonds. The van der Waals surface area contributed by atoms with Crippen LogP contribution in [-0.2, 0) is 4.74 Å². The van der Waals surface area contributed by atoms with Crippen LogP contribution >= 0.6 is 0 Å². The highest BCUT2D eigenvalue weighted by molar-refractivity contribution is 4.89. The first-order valence-electron chi connectivity index (χ1n) is 7.63. The topological polar surface area (TPSA) is 29.5 Å². The molecule has 0 aromatic carbocycles. The third-order valence-corrected chi connectivity index (χ3v) is 5.40. The molecule has 0 spiro atoms. The van der Waals surface area contributed by atoms with Crippen molar-refractivity contribution in [3.05, 3.63) is 0 Å². The van der Waals surface area contributed by atoms with Crippen LogP contribution in [0.3, 0.4) is 0 Å². The first-order chi connectivity index (χ1) is 8.36. The first-order valence-corrected chi connectivity index (χ1v) is 7.63. The fourth-order valence-electron chi connectivity index (χ4n) is 4.25. The van der Waals surface area contributed by atoms with Gasteiger partial charge in [-0.3, -0.25) is 0 Å². The Kier molecular flexibility index (Phi) is 3.72. The van der Waals surface area contributed by atoms with Gasteiger partial charge in [-0.05, 0) is 62.7 Å². The molecule has 2 aliphatic carbocycles. The van der Waals surface area contributed by atoms with Crippen LogP contribution < -0.4 is 0 Å². The van der Waals surface area contributed by atoms with E-state index in [1.165, 1.54) is 57.8 Å². The number of hydrogen-bond acceptors (Lipinski definition) is 2. The van der Waals surface area contributed by atoms with Gasteiger partial charge in [-0.15, -0.1) is 0 Å². The zero-order valence-electron chi connectivity index (χ0n) is 10.8. The molecule has 3 atom stereocenters. The van der Waals surface area contributed by atoms with Crippen molar-refractivity contribution in [1.82, 2.24) is 0 Å². The summed E-state index contributed by atoms with van der Waals surface area (Å²) < 4.78 is 6.31. The molecule has 3 unspecified atom stereocenters. The Morgan fingerprint density at radius 2 is 1.59 bits per heavy atom. The molecule has 1 aliphatic heterocycles. The highest BCUT2D eigenvalue weighted by Crippen LogP contribution is 2.43. The maximum atomic E-state index is 9.18. The molecular formula is C15H26O2. The average Bonchev–Trinajstić information content (AvgIpc) is 2.82. The van der Waals surface area contributed by atoms with Crippen molar-refractivity contribution in [2.75, 3.05) is 6.61 Å². The van der Waals surface area contributed by atoms with Gasteiger partial charge < -0.3 is 9.84 Å². The van der Waals surface area contributed by atoms with Crippen molar-refractivity contribution in [2.45, 2.75) is 70.0 Å². The Hall–Kier alpha value is -0.0800. The molecular weight excluding hydrogens is 212 g/mol. The third-order valence-electron chi connectivity index (χ3n) is 5.40. The molecule has 3 rings (SSSR count). The minimum Gasteiger partial charge on any atom is -0.396 e. The Bertz CT molecular complexity index is 231. The Balaban J connectivity index is 1.52. The standard InChI is InChI=1S/C15H26O2/c16-10-11-5-7-12(8-6-11)15-9-13-3-1-2-4-14(13)17-15/h11-16H,1-10H2. The van der Waals surface area contributed by atoms with Crippen LogP contribution in [0.5, 0.6) is 0 Å². The minimum absolute atomic E-state index is 0.392. The highest BCUT2D eigenvalue weighted by atomic mass is 16.5. The maximum absolute atomic E-state index is 9.18. The van der Waals surface area contributed by atoms with Gasteiger partial charge in [0.05, 0.1) is 12.2 Å². The smallest absolute Gasteiger partial charge is 0.0610 e. The summed E-state index contributed by atoms with van der Waals surface area (Å²) in [5.74, 6) is 2.25. The fraction of sp³-hybridized carbons (Fsp3) is 1.00. The van der Waals surface area contributed by atoms with Crippen LogP contribution in [-0.4, -0.2) is 23.9 Å². The Morgan fingerprint density at radius 3 is 2.29 bits per heavy atom. The number of ether oxygens (including phenoxy) is 1. The number of rotatable bonds is 2. The monoisotopic (exact) mass is 238 g/mol. The lowest BCUT2D eigenvalue weighted by Gasteiger charge is -2.31. The van der Waals surface area contributed by atoms with E-state index in [2.05, 4.69) is 0 Å². The summed E-state index contributed by atoms with van der Waals surface area (Å²) in [7, 11) is 0. The lowest BCUT2D eigenvalue weighted by atomic mass is 9.77. The van der Waals surface area contributed by atoms with Gasteiger partial charge in [-0.25, -0.2) is 0 Å². The van der Waals surface area contributed by atoms with E-state index in [1.54, 1.807) is 0 Å². The quantitative estimate of drug-likeness (QED) is 0.801. The normalized spacial score (nSPS) is 46.8. The van der Waals surface area contributed by atoms with Crippen molar-refractivity contribution in [2.24, 2.45) is 17.8 Å². The van der Waals surface area contributed by atoms with Crippen molar-refractivity contribution in [3.63, 3.8) is 0 Å². The number of hydrogen-bond donors (Lipinski definition) is 1. The molecule has 1 heterocycles. The van der Waals surface area contributed by atoms with Crippen LogP contribution in [0.4, 0.5) is 0 Å². The molecule has 2 nitrogen and oxygen atoms in total. The number of fused-ring (bicyclic) bond motifs is 1. The highest BCUT2D eigenvalue weighted by Gasteiger charge is 2.40. The lowest BCUT2D eigenvalue weighted by Crippen LogP contribution is -2.27. The summed E-state index contributed by atoms with van der Waals surface area (Å²) in [4.78, 5) is 0. The average molecular weight is 238 g/mol. The van der Waals surface area contributed by atoms with Gasteiger partial charge in [0.1, 0.15) is 0 Å². The molecule has 0 aromatic rings. The molecule has 0 radical (unpaired) electrons. The van der Waals surface area contributed by atoms with Crippen LogP contribution in [0.25, 0.3) is 0 Å². The van der Waals surface area contributed by atoms with E-state index in [1.807, 2.05) is 0 Å². The van der Waals surface area contributed by atoms with Gasteiger partial charge in [0.2, 0.25) is 0 Å². The van der Waals surface area contributed by atoms with Gasteiger partial charge in [0, 0.05) is 6.61 Å². The second-order valence-corrected chi connectivity index (χ2v) is 6.46. The second-order valence-electron chi connectivity index (χ2n) is 6.46. The molecule has 1 saturated heterocycles.